The van der Waals surface area contributed by atoms with Crippen LogP contribution in [0.25, 0.3) is 0 Å². The third kappa shape index (κ3) is 4.80. The second-order valence-corrected chi connectivity index (χ2v) is 4.44. The van der Waals surface area contributed by atoms with Crippen molar-refractivity contribution in [3.8, 4) is 5.75 Å². The van der Waals surface area contributed by atoms with Crippen LogP contribution in [0.3, 0.4) is 0 Å². The van der Waals surface area contributed by atoms with Crippen LogP contribution in [-0.4, -0.2) is 12.6 Å². The van der Waals surface area contributed by atoms with Crippen LogP contribution >= 0.6 is 11.6 Å². The average Bonchev–Trinajstić information content (AvgIpc) is 2.32. The number of rotatable bonds is 6. The van der Waals surface area contributed by atoms with Gasteiger partial charge in [0.1, 0.15) is 12.4 Å². The maximum absolute atomic E-state index is 5.99. The van der Waals surface area contributed by atoms with E-state index in [0.29, 0.717) is 6.61 Å². The van der Waals surface area contributed by atoms with E-state index in [1.165, 1.54) is 0 Å². The predicted molar refractivity (Wildman–Crippen MR) is 73.7 cm³/mol. The van der Waals surface area contributed by atoms with Crippen LogP contribution < -0.4 is 10.5 Å². The zero-order valence-corrected chi connectivity index (χ0v) is 11.2. The minimum absolute atomic E-state index is 0.150. The standard InChI is InChI=1S/C14H20ClNO/c1-3-5-8-17-14-7-6-12(15)9-11(14)10-13(16)4-2/h3,5-7,9,13H,4,8,10,16H2,1-2H3/b5-3+. The van der Waals surface area contributed by atoms with E-state index >= 15 is 0 Å². The molecule has 1 atom stereocenters. The average molecular weight is 254 g/mol. The minimum atomic E-state index is 0.150. The first kappa shape index (κ1) is 14.1. The molecule has 17 heavy (non-hydrogen) atoms. The fourth-order valence-electron chi connectivity index (χ4n) is 1.51. The Kier molecular flexibility index (Phi) is 6.09. The maximum Gasteiger partial charge on any atom is 0.123 e. The van der Waals surface area contributed by atoms with Gasteiger partial charge in [-0.1, -0.05) is 30.7 Å². The summed E-state index contributed by atoms with van der Waals surface area (Å²) in [6.45, 7) is 4.63. The van der Waals surface area contributed by atoms with E-state index in [1.807, 2.05) is 37.3 Å². The highest BCUT2D eigenvalue weighted by Gasteiger charge is 2.08. The van der Waals surface area contributed by atoms with Crippen molar-refractivity contribution in [3.63, 3.8) is 0 Å². The Balaban J connectivity index is 2.79. The van der Waals surface area contributed by atoms with E-state index in [0.717, 1.165) is 29.2 Å². The molecule has 0 aliphatic rings. The molecule has 1 aromatic carbocycles. The molecule has 0 amide bonds. The van der Waals surface area contributed by atoms with Crippen LogP contribution in [0.5, 0.6) is 5.75 Å². The summed E-state index contributed by atoms with van der Waals surface area (Å²) >= 11 is 5.99. The topological polar surface area (TPSA) is 35.2 Å². The van der Waals surface area contributed by atoms with Crippen molar-refractivity contribution in [2.24, 2.45) is 5.73 Å². The lowest BCUT2D eigenvalue weighted by Crippen LogP contribution is -2.21. The molecule has 0 spiro atoms. The summed E-state index contributed by atoms with van der Waals surface area (Å²) < 4.78 is 5.68. The molecular weight excluding hydrogens is 234 g/mol. The van der Waals surface area contributed by atoms with Gasteiger partial charge in [-0.25, -0.2) is 0 Å². The number of allylic oxidation sites excluding steroid dienone is 1. The van der Waals surface area contributed by atoms with Crippen LogP contribution in [0.15, 0.2) is 30.4 Å². The fraction of sp³-hybridized carbons (Fsp3) is 0.429. The van der Waals surface area contributed by atoms with E-state index in [9.17, 15) is 0 Å². The first-order valence-corrected chi connectivity index (χ1v) is 6.33. The maximum atomic E-state index is 5.99. The number of hydrogen-bond donors (Lipinski definition) is 1. The Labute approximate surface area is 108 Å². The zero-order valence-electron chi connectivity index (χ0n) is 10.4. The molecule has 0 aromatic heterocycles. The molecular formula is C14H20ClNO. The molecule has 3 heteroatoms. The molecule has 0 heterocycles. The largest absolute Gasteiger partial charge is 0.489 e. The minimum Gasteiger partial charge on any atom is -0.489 e. The summed E-state index contributed by atoms with van der Waals surface area (Å²) in [5.41, 5.74) is 7.05. The summed E-state index contributed by atoms with van der Waals surface area (Å²) in [5, 5.41) is 0.724. The number of ether oxygens (including phenoxy) is 1. The van der Waals surface area contributed by atoms with Gasteiger partial charge in [0, 0.05) is 11.1 Å². The smallest absolute Gasteiger partial charge is 0.123 e. The third-order valence-electron chi connectivity index (χ3n) is 2.60. The molecule has 1 unspecified atom stereocenters. The van der Waals surface area contributed by atoms with Gasteiger partial charge in [-0.2, -0.15) is 0 Å². The van der Waals surface area contributed by atoms with Crippen LogP contribution in [0.2, 0.25) is 5.02 Å². The molecule has 0 aliphatic carbocycles. The van der Waals surface area contributed by atoms with Crippen molar-refractivity contribution in [1.29, 1.82) is 0 Å². The van der Waals surface area contributed by atoms with Gasteiger partial charge in [0.15, 0.2) is 0 Å². The lowest BCUT2D eigenvalue weighted by Gasteiger charge is -2.14. The molecule has 0 fully saturated rings. The Morgan fingerprint density at radius 1 is 1.47 bits per heavy atom. The summed E-state index contributed by atoms with van der Waals surface area (Å²) in [4.78, 5) is 0. The number of hydrogen-bond acceptors (Lipinski definition) is 2. The van der Waals surface area contributed by atoms with Gasteiger partial charge in [-0.3, -0.25) is 0 Å². The van der Waals surface area contributed by atoms with Crippen LogP contribution in [0, 0.1) is 0 Å². The van der Waals surface area contributed by atoms with Gasteiger partial charge in [0.25, 0.3) is 0 Å². The van der Waals surface area contributed by atoms with Crippen LogP contribution in [0.4, 0.5) is 0 Å². The Morgan fingerprint density at radius 2 is 2.24 bits per heavy atom. The molecule has 1 aromatic rings. The monoisotopic (exact) mass is 253 g/mol. The van der Waals surface area contributed by atoms with Gasteiger partial charge >= 0.3 is 0 Å². The molecule has 1 rings (SSSR count). The molecule has 2 nitrogen and oxygen atoms in total. The van der Waals surface area contributed by atoms with Crippen molar-refractivity contribution < 1.29 is 4.74 Å². The second-order valence-electron chi connectivity index (χ2n) is 4.00. The van der Waals surface area contributed by atoms with E-state index in [4.69, 9.17) is 22.1 Å². The molecule has 0 radical (unpaired) electrons. The molecule has 2 N–H and O–H groups in total. The van der Waals surface area contributed by atoms with Gasteiger partial charge < -0.3 is 10.5 Å². The number of benzene rings is 1. The Bertz CT molecular complexity index is 376. The summed E-state index contributed by atoms with van der Waals surface area (Å²) in [5.74, 6) is 0.872. The molecule has 94 valence electrons. The summed E-state index contributed by atoms with van der Waals surface area (Å²) in [6, 6.07) is 5.83. The van der Waals surface area contributed by atoms with Gasteiger partial charge in [0.05, 0.1) is 0 Å². The van der Waals surface area contributed by atoms with E-state index in [1.54, 1.807) is 0 Å². The molecule has 0 aliphatic heterocycles. The first-order chi connectivity index (χ1) is 8.17. The SMILES string of the molecule is C/C=C/COc1ccc(Cl)cc1CC(N)CC. The van der Waals surface area contributed by atoms with Crippen molar-refractivity contribution in [3.05, 3.63) is 40.9 Å². The first-order valence-electron chi connectivity index (χ1n) is 5.95. The Hall–Kier alpha value is -0.990. The highest BCUT2D eigenvalue weighted by Crippen LogP contribution is 2.24. The zero-order chi connectivity index (χ0) is 12.7. The third-order valence-corrected chi connectivity index (χ3v) is 2.83. The second kappa shape index (κ2) is 7.36. The summed E-state index contributed by atoms with van der Waals surface area (Å²) in [7, 11) is 0. The van der Waals surface area contributed by atoms with E-state index in [-0.39, 0.29) is 6.04 Å². The van der Waals surface area contributed by atoms with Crippen molar-refractivity contribution in [2.75, 3.05) is 6.61 Å². The van der Waals surface area contributed by atoms with Gasteiger partial charge in [-0.05, 0) is 43.5 Å². The van der Waals surface area contributed by atoms with Crippen LogP contribution in [0.1, 0.15) is 25.8 Å². The van der Waals surface area contributed by atoms with Crippen molar-refractivity contribution in [2.45, 2.75) is 32.7 Å². The number of nitrogens with two attached hydrogens (primary N) is 1. The predicted octanol–water partition coefficient (Wildman–Crippen LogP) is 3.57. The Morgan fingerprint density at radius 3 is 2.88 bits per heavy atom. The highest BCUT2D eigenvalue weighted by atomic mass is 35.5. The number of halogens is 1. The van der Waals surface area contributed by atoms with E-state index in [2.05, 4.69) is 6.92 Å². The van der Waals surface area contributed by atoms with Gasteiger partial charge in [0.2, 0.25) is 0 Å². The van der Waals surface area contributed by atoms with Gasteiger partial charge in [-0.15, -0.1) is 0 Å². The molecule has 0 bridgehead atoms. The lowest BCUT2D eigenvalue weighted by atomic mass is 10.0. The molecule has 0 saturated heterocycles. The molecule has 0 saturated carbocycles. The highest BCUT2D eigenvalue weighted by molar-refractivity contribution is 6.30. The van der Waals surface area contributed by atoms with Crippen LogP contribution in [-0.2, 0) is 6.42 Å². The summed E-state index contributed by atoms with van der Waals surface area (Å²) in [6.07, 6.45) is 5.68. The van der Waals surface area contributed by atoms with Crippen molar-refractivity contribution >= 4 is 11.6 Å². The quantitative estimate of drug-likeness (QED) is 0.787. The van der Waals surface area contributed by atoms with Crippen molar-refractivity contribution in [1.82, 2.24) is 0 Å². The normalized spacial score (nSPS) is 12.9. The lowest BCUT2D eigenvalue weighted by molar-refractivity contribution is 0.357. The van der Waals surface area contributed by atoms with E-state index < -0.39 is 0 Å². The fourth-order valence-corrected chi connectivity index (χ4v) is 1.70.